The van der Waals surface area contributed by atoms with Gasteiger partial charge in [0, 0.05) is 6.04 Å². The van der Waals surface area contributed by atoms with Crippen LogP contribution < -0.4 is 5.32 Å². The molecule has 0 spiro atoms. The first-order valence-corrected chi connectivity index (χ1v) is 5.79. The fourth-order valence-corrected chi connectivity index (χ4v) is 2.02. The first-order valence-electron chi connectivity index (χ1n) is 4.24. The molecule has 1 aliphatic heterocycles. The lowest BCUT2D eigenvalue weighted by molar-refractivity contribution is 0.391. The highest BCUT2D eigenvalue weighted by Crippen LogP contribution is 2.11. The van der Waals surface area contributed by atoms with Crippen molar-refractivity contribution >= 4 is 10.2 Å². The SMILES string of the molecule is O=S(=O)(F)CCC1CCCCN1. The van der Waals surface area contributed by atoms with Crippen molar-refractivity contribution in [1.82, 2.24) is 5.32 Å². The summed E-state index contributed by atoms with van der Waals surface area (Å²) in [6.07, 6.45) is 3.62. The molecular weight excluding hydrogens is 181 g/mol. The third-order valence-corrected chi connectivity index (χ3v) is 2.85. The molecule has 0 aliphatic carbocycles. The van der Waals surface area contributed by atoms with E-state index < -0.39 is 10.2 Å². The molecule has 3 nitrogen and oxygen atoms in total. The van der Waals surface area contributed by atoms with Crippen LogP contribution in [-0.2, 0) is 10.2 Å². The Morgan fingerprint density at radius 1 is 1.42 bits per heavy atom. The van der Waals surface area contributed by atoms with Crippen LogP contribution in [-0.4, -0.2) is 26.8 Å². The van der Waals surface area contributed by atoms with E-state index in [2.05, 4.69) is 5.32 Å². The summed E-state index contributed by atoms with van der Waals surface area (Å²) in [5.74, 6) is -0.343. The van der Waals surface area contributed by atoms with Crippen LogP contribution in [0.25, 0.3) is 0 Å². The third-order valence-electron chi connectivity index (χ3n) is 2.12. The van der Waals surface area contributed by atoms with Crippen LogP contribution in [0.1, 0.15) is 25.7 Å². The molecular formula is C7H14FNO2S. The zero-order chi connectivity index (χ0) is 9.03. The van der Waals surface area contributed by atoms with Gasteiger partial charge in [-0.2, -0.15) is 8.42 Å². The normalized spacial score (nSPS) is 25.6. The van der Waals surface area contributed by atoms with Gasteiger partial charge in [-0.05, 0) is 25.8 Å². The van der Waals surface area contributed by atoms with E-state index in [0.717, 1.165) is 25.8 Å². The number of hydrogen-bond acceptors (Lipinski definition) is 3. The van der Waals surface area contributed by atoms with Gasteiger partial charge in [0.25, 0.3) is 0 Å². The summed E-state index contributed by atoms with van der Waals surface area (Å²) >= 11 is 0. The molecule has 1 saturated heterocycles. The lowest BCUT2D eigenvalue weighted by Gasteiger charge is -2.22. The monoisotopic (exact) mass is 195 g/mol. The van der Waals surface area contributed by atoms with Crippen LogP contribution in [0.2, 0.25) is 0 Å². The van der Waals surface area contributed by atoms with Crippen LogP contribution >= 0.6 is 0 Å². The zero-order valence-corrected chi connectivity index (χ0v) is 7.74. The van der Waals surface area contributed by atoms with Crippen molar-refractivity contribution in [1.29, 1.82) is 0 Å². The molecule has 1 fully saturated rings. The molecule has 1 aliphatic rings. The van der Waals surface area contributed by atoms with E-state index in [1.807, 2.05) is 0 Å². The lowest BCUT2D eigenvalue weighted by atomic mass is 10.0. The van der Waals surface area contributed by atoms with Crippen LogP contribution in [0.15, 0.2) is 0 Å². The number of piperidine rings is 1. The van der Waals surface area contributed by atoms with Gasteiger partial charge < -0.3 is 5.32 Å². The number of hydrogen-bond donors (Lipinski definition) is 1. The maximum absolute atomic E-state index is 12.1. The van der Waals surface area contributed by atoms with Crippen LogP contribution in [0.5, 0.6) is 0 Å². The second-order valence-corrected chi connectivity index (χ2v) is 4.66. The minimum atomic E-state index is -4.26. The van der Waals surface area contributed by atoms with Gasteiger partial charge >= 0.3 is 10.2 Å². The molecule has 12 heavy (non-hydrogen) atoms. The molecule has 0 amide bonds. The molecule has 1 atom stereocenters. The maximum atomic E-state index is 12.1. The molecule has 0 aromatic rings. The molecule has 72 valence electrons. The minimum absolute atomic E-state index is 0.198. The van der Waals surface area contributed by atoms with Crippen molar-refractivity contribution in [2.45, 2.75) is 31.7 Å². The zero-order valence-electron chi connectivity index (χ0n) is 6.92. The highest BCUT2D eigenvalue weighted by molar-refractivity contribution is 7.86. The van der Waals surface area contributed by atoms with E-state index in [-0.39, 0.29) is 11.8 Å². The quantitative estimate of drug-likeness (QED) is 0.678. The molecule has 1 heterocycles. The number of halogens is 1. The predicted molar refractivity (Wildman–Crippen MR) is 45.2 cm³/mol. The maximum Gasteiger partial charge on any atom is 0.302 e. The average molecular weight is 195 g/mol. The molecule has 1 N–H and O–H groups in total. The fourth-order valence-electron chi connectivity index (χ4n) is 1.45. The minimum Gasteiger partial charge on any atom is -0.314 e. The van der Waals surface area contributed by atoms with E-state index in [1.165, 1.54) is 0 Å². The van der Waals surface area contributed by atoms with Crippen molar-refractivity contribution in [3.8, 4) is 0 Å². The molecule has 0 saturated carbocycles. The summed E-state index contributed by atoms with van der Waals surface area (Å²) < 4.78 is 32.4. The molecule has 0 radical (unpaired) electrons. The summed E-state index contributed by atoms with van der Waals surface area (Å²) in [6, 6.07) is 0.198. The third kappa shape index (κ3) is 4.01. The summed E-state index contributed by atoms with van der Waals surface area (Å²) in [5.41, 5.74) is 0. The second-order valence-electron chi connectivity index (χ2n) is 3.18. The fraction of sp³-hybridized carbons (Fsp3) is 1.00. The Hall–Kier alpha value is -0.160. The van der Waals surface area contributed by atoms with E-state index in [9.17, 15) is 12.3 Å². The average Bonchev–Trinajstić information content (AvgIpc) is 2.02. The summed E-state index contributed by atoms with van der Waals surface area (Å²) in [5, 5.41) is 3.16. The van der Waals surface area contributed by atoms with Crippen molar-refractivity contribution in [2.24, 2.45) is 0 Å². The Kier molecular flexibility index (Phi) is 3.46. The highest BCUT2D eigenvalue weighted by Gasteiger charge is 2.16. The topological polar surface area (TPSA) is 46.2 Å². The van der Waals surface area contributed by atoms with Gasteiger partial charge in [-0.3, -0.25) is 0 Å². The largest absolute Gasteiger partial charge is 0.314 e. The first-order chi connectivity index (χ1) is 5.58. The Labute approximate surface area is 72.6 Å². The Morgan fingerprint density at radius 2 is 2.17 bits per heavy atom. The van der Waals surface area contributed by atoms with Crippen molar-refractivity contribution < 1.29 is 12.3 Å². The standard InChI is InChI=1S/C7H14FNO2S/c8-12(10,11)6-4-7-3-1-2-5-9-7/h7,9H,1-6H2. The van der Waals surface area contributed by atoms with E-state index in [1.54, 1.807) is 0 Å². The van der Waals surface area contributed by atoms with Gasteiger partial charge in [0.15, 0.2) is 0 Å². The predicted octanol–water partition coefficient (Wildman–Crippen LogP) is 0.818. The van der Waals surface area contributed by atoms with Gasteiger partial charge in [-0.15, -0.1) is 3.89 Å². The van der Waals surface area contributed by atoms with Crippen LogP contribution in [0.3, 0.4) is 0 Å². The molecule has 1 rings (SSSR count). The van der Waals surface area contributed by atoms with Gasteiger partial charge in [-0.1, -0.05) is 6.42 Å². The van der Waals surface area contributed by atoms with E-state index >= 15 is 0 Å². The smallest absolute Gasteiger partial charge is 0.302 e. The van der Waals surface area contributed by atoms with E-state index in [4.69, 9.17) is 0 Å². The molecule has 0 aromatic carbocycles. The Morgan fingerprint density at radius 3 is 2.67 bits per heavy atom. The van der Waals surface area contributed by atoms with Gasteiger partial charge in [-0.25, -0.2) is 0 Å². The Bertz CT molecular complexity index is 222. The van der Waals surface area contributed by atoms with Crippen molar-refractivity contribution in [3.63, 3.8) is 0 Å². The van der Waals surface area contributed by atoms with Gasteiger partial charge in [0.1, 0.15) is 0 Å². The van der Waals surface area contributed by atoms with Gasteiger partial charge in [0.2, 0.25) is 0 Å². The van der Waals surface area contributed by atoms with Crippen molar-refractivity contribution in [3.05, 3.63) is 0 Å². The molecule has 1 unspecified atom stereocenters. The number of rotatable bonds is 3. The summed E-state index contributed by atoms with van der Waals surface area (Å²) in [7, 11) is -4.26. The highest BCUT2D eigenvalue weighted by atomic mass is 32.3. The molecule has 0 bridgehead atoms. The summed E-state index contributed by atoms with van der Waals surface area (Å²) in [4.78, 5) is 0. The van der Waals surface area contributed by atoms with Crippen LogP contribution in [0.4, 0.5) is 3.89 Å². The summed E-state index contributed by atoms with van der Waals surface area (Å²) in [6.45, 7) is 0.928. The van der Waals surface area contributed by atoms with E-state index in [0.29, 0.717) is 6.42 Å². The lowest BCUT2D eigenvalue weighted by Crippen LogP contribution is -2.35. The first kappa shape index (κ1) is 9.92. The van der Waals surface area contributed by atoms with Crippen LogP contribution in [0, 0.1) is 0 Å². The van der Waals surface area contributed by atoms with Gasteiger partial charge in [0.05, 0.1) is 5.75 Å². The molecule has 5 heteroatoms. The Balaban J connectivity index is 2.22. The second kappa shape index (κ2) is 4.18. The number of nitrogens with one attached hydrogen (secondary N) is 1. The van der Waals surface area contributed by atoms with Crippen molar-refractivity contribution in [2.75, 3.05) is 12.3 Å². The molecule has 0 aromatic heterocycles.